The fraction of sp³-hybridized carbons (Fsp3) is 0.316. The Balaban J connectivity index is 1.57. The Morgan fingerprint density at radius 3 is 2.52 bits per heavy atom. The number of carbonyl (C=O) groups excluding carboxylic acids is 1. The molecule has 1 aliphatic rings. The lowest BCUT2D eigenvalue weighted by Crippen LogP contribution is -2.40. The number of halogens is 1. The van der Waals surface area contributed by atoms with Crippen molar-refractivity contribution in [1.82, 2.24) is 9.21 Å². The first-order valence-electron chi connectivity index (χ1n) is 8.67. The van der Waals surface area contributed by atoms with E-state index in [0.717, 1.165) is 20.9 Å². The number of rotatable bonds is 6. The van der Waals surface area contributed by atoms with Gasteiger partial charge in [-0.3, -0.25) is 4.79 Å². The average Bonchev–Trinajstić information content (AvgIpc) is 3.11. The first kappa shape index (κ1) is 19.9. The molecule has 2 aromatic rings. The molecule has 0 bridgehead atoms. The smallest absolute Gasteiger partial charge is 0.243 e. The van der Waals surface area contributed by atoms with Gasteiger partial charge in [0, 0.05) is 36.3 Å². The van der Waals surface area contributed by atoms with Crippen molar-refractivity contribution in [2.75, 3.05) is 32.0 Å². The van der Waals surface area contributed by atoms with Gasteiger partial charge < -0.3 is 10.2 Å². The Kier molecular flexibility index (Phi) is 6.18. The van der Waals surface area contributed by atoms with Crippen LogP contribution in [-0.2, 0) is 14.8 Å². The number of carbonyl (C=O) groups is 1. The largest absolute Gasteiger partial charge is 0.380 e. The third-order valence-electron chi connectivity index (χ3n) is 4.57. The van der Waals surface area contributed by atoms with Crippen molar-refractivity contribution >= 4 is 37.5 Å². The van der Waals surface area contributed by atoms with E-state index in [2.05, 4.69) is 21.2 Å². The van der Waals surface area contributed by atoms with Crippen molar-refractivity contribution in [3.63, 3.8) is 0 Å². The minimum atomic E-state index is -3.69. The summed E-state index contributed by atoms with van der Waals surface area (Å²) in [6.07, 6.45) is 0.837. The summed E-state index contributed by atoms with van der Waals surface area (Å²) in [5, 5.41) is 3.41. The first-order chi connectivity index (χ1) is 12.9. The maximum atomic E-state index is 12.6. The zero-order valence-electron chi connectivity index (χ0n) is 15.0. The van der Waals surface area contributed by atoms with Crippen LogP contribution in [0, 0.1) is 0 Å². The van der Waals surface area contributed by atoms with Crippen molar-refractivity contribution in [3.05, 3.63) is 59.1 Å². The Labute approximate surface area is 168 Å². The number of nitrogens with zero attached hydrogens (tertiary/aromatic N) is 2. The molecule has 0 aliphatic carbocycles. The summed E-state index contributed by atoms with van der Waals surface area (Å²) in [5.41, 5.74) is 1.02. The minimum Gasteiger partial charge on any atom is -0.380 e. The first-order valence-corrected chi connectivity index (χ1v) is 10.9. The normalized spacial score (nSPS) is 17.3. The number of benzene rings is 2. The molecule has 0 unspecified atom stereocenters. The van der Waals surface area contributed by atoms with Crippen LogP contribution in [0.5, 0.6) is 0 Å². The van der Waals surface area contributed by atoms with Gasteiger partial charge in [-0.25, -0.2) is 8.42 Å². The SMILES string of the molecule is CN(CC(=O)N1CC[C@H](Nc2ccccc2)C1)S(=O)(=O)c1ccc(Br)cc1. The van der Waals surface area contributed by atoms with E-state index < -0.39 is 10.0 Å². The molecule has 0 spiro atoms. The monoisotopic (exact) mass is 451 g/mol. The average molecular weight is 452 g/mol. The van der Waals surface area contributed by atoms with Crippen molar-refractivity contribution in [2.45, 2.75) is 17.4 Å². The van der Waals surface area contributed by atoms with E-state index in [1.807, 2.05) is 30.3 Å². The van der Waals surface area contributed by atoms with Crippen molar-refractivity contribution < 1.29 is 13.2 Å². The molecule has 1 saturated heterocycles. The van der Waals surface area contributed by atoms with Gasteiger partial charge in [-0.1, -0.05) is 34.1 Å². The summed E-state index contributed by atoms with van der Waals surface area (Å²) >= 11 is 3.29. The van der Waals surface area contributed by atoms with Crippen LogP contribution in [0.4, 0.5) is 5.69 Å². The van der Waals surface area contributed by atoms with Crippen LogP contribution in [0.2, 0.25) is 0 Å². The van der Waals surface area contributed by atoms with Gasteiger partial charge in [-0.2, -0.15) is 4.31 Å². The highest BCUT2D eigenvalue weighted by atomic mass is 79.9. The van der Waals surface area contributed by atoms with E-state index in [-0.39, 0.29) is 23.4 Å². The van der Waals surface area contributed by atoms with E-state index in [1.165, 1.54) is 19.2 Å². The number of sulfonamides is 1. The molecule has 1 amide bonds. The zero-order valence-corrected chi connectivity index (χ0v) is 17.4. The molecule has 0 radical (unpaired) electrons. The lowest BCUT2D eigenvalue weighted by molar-refractivity contribution is -0.130. The molecule has 0 saturated carbocycles. The van der Waals surface area contributed by atoms with E-state index in [9.17, 15) is 13.2 Å². The van der Waals surface area contributed by atoms with Gasteiger partial charge in [0.05, 0.1) is 11.4 Å². The van der Waals surface area contributed by atoms with Crippen LogP contribution >= 0.6 is 15.9 Å². The van der Waals surface area contributed by atoms with Crippen molar-refractivity contribution in [3.8, 4) is 0 Å². The summed E-state index contributed by atoms with van der Waals surface area (Å²) in [4.78, 5) is 14.5. The topological polar surface area (TPSA) is 69.7 Å². The van der Waals surface area contributed by atoms with Crippen LogP contribution in [0.25, 0.3) is 0 Å². The second kappa shape index (κ2) is 8.41. The highest BCUT2D eigenvalue weighted by molar-refractivity contribution is 9.10. The standard InChI is InChI=1S/C19H22BrN3O3S/c1-22(27(25,26)18-9-7-15(20)8-10-18)14-19(24)23-12-11-17(13-23)21-16-5-3-2-4-6-16/h2-10,17,21H,11-14H2,1H3/t17-/m0/s1. The van der Waals surface area contributed by atoms with Crippen LogP contribution < -0.4 is 5.32 Å². The van der Waals surface area contributed by atoms with E-state index in [0.29, 0.717) is 13.1 Å². The zero-order chi connectivity index (χ0) is 19.4. The molecule has 1 aliphatic heterocycles. The second-order valence-corrected chi connectivity index (χ2v) is 9.51. The maximum Gasteiger partial charge on any atom is 0.243 e. The van der Waals surface area contributed by atoms with Gasteiger partial charge in [-0.15, -0.1) is 0 Å². The minimum absolute atomic E-state index is 0.170. The molecule has 3 rings (SSSR count). The summed E-state index contributed by atoms with van der Waals surface area (Å²) in [7, 11) is -2.26. The van der Waals surface area contributed by atoms with E-state index in [4.69, 9.17) is 0 Å². The lowest BCUT2D eigenvalue weighted by atomic mass is 10.2. The maximum absolute atomic E-state index is 12.6. The molecule has 1 heterocycles. The number of anilines is 1. The summed E-state index contributed by atoms with van der Waals surface area (Å²) in [5.74, 6) is -0.185. The molecule has 0 aromatic heterocycles. The van der Waals surface area contributed by atoms with Gasteiger partial charge in [0.15, 0.2) is 0 Å². The highest BCUT2D eigenvalue weighted by Gasteiger charge is 2.29. The molecule has 1 fully saturated rings. The molecule has 8 heteroatoms. The van der Waals surface area contributed by atoms with Gasteiger partial charge in [0.2, 0.25) is 15.9 Å². The fourth-order valence-electron chi connectivity index (χ4n) is 3.04. The molecule has 2 aromatic carbocycles. The van der Waals surface area contributed by atoms with Gasteiger partial charge >= 0.3 is 0 Å². The Morgan fingerprint density at radius 2 is 1.85 bits per heavy atom. The van der Waals surface area contributed by atoms with Gasteiger partial charge in [0.1, 0.15) is 0 Å². The molecule has 6 nitrogen and oxygen atoms in total. The third kappa shape index (κ3) is 4.88. The molecular weight excluding hydrogens is 430 g/mol. The number of para-hydroxylation sites is 1. The molecular formula is C19H22BrN3O3S. The van der Waals surface area contributed by atoms with Crippen LogP contribution in [0.3, 0.4) is 0 Å². The highest BCUT2D eigenvalue weighted by Crippen LogP contribution is 2.19. The molecule has 1 N–H and O–H groups in total. The Hall–Kier alpha value is -1.90. The fourth-order valence-corrected chi connectivity index (χ4v) is 4.42. The van der Waals surface area contributed by atoms with Crippen LogP contribution in [0.15, 0.2) is 64.0 Å². The molecule has 144 valence electrons. The number of likely N-dealkylation sites (N-methyl/N-ethyl adjacent to an activating group) is 1. The Morgan fingerprint density at radius 1 is 1.19 bits per heavy atom. The lowest BCUT2D eigenvalue weighted by Gasteiger charge is -2.22. The third-order valence-corrected chi connectivity index (χ3v) is 6.91. The van der Waals surface area contributed by atoms with E-state index >= 15 is 0 Å². The number of nitrogens with one attached hydrogen (secondary N) is 1. The van der Waals surface area contributed by atoms with Crippen molar-refractivity contribution in [2.24, 2.45) is 0 Å². The molecule has 27 heavy (non-hydrogen) atoms. The number of amides is 1. The summed E-state index contributed by atoms with van der Waals surface area (Å²) in [6, 6.07) is 16.4. The van der Waals surface area contributed by atoms with Gasteiger partial charge in [0.25, 0.3) is 0 Å². The Bertz CT molecular complexity index is 888. The quantitative estimate of drug-likeness (QED) is 0.732. The predicted octanol–water partition coefficient (Wildman–Crippen LogP) is 2.78. The van der Waals surface area contributed by atoms with E-state index in [1.54, 1.807) is 17.0 Å². The number of hydrogen-bond donors (Lipinski definition) is 1. The van der Waals surface area contributed by atoms with Crippen molar-refractivity contribution in [1.29, 1.82) is 0 Å². The number of likely N-dealkylation sites (tertiary alicyclic amines) is 1. The van der Waals surface area contributed by atoms with Crippen LogP contribution in [0.1, 0.15) is 6.42 Å². The van der Waals surface area contributed by atoms with Crippen LogP contribution in [-0.4, -0.2) is 56.3 Å². The predicted molar refractivity (Wildman–Crippen MR) is 109 cm³/mol. The summed E-state index contributed by atoms with van der Waals surface area (Å²) in [6.45, 7) is 1.02. The summed E-state index contributed by atoms with van der Waals surface area (Å²) < 4.78 is 27.2. The second-order valence-electron chi connectivity index (χ2n) is 6.55. The van der Waals surface area contributed by atoms with Gasteiger partial charge in [-0.05, 0) is 42.8 Å². The molecule has 1 atom stereocenters. The number of hydrogen-bond acceptors (Lipinski definition) is 4.